The zero-order valence-electron chi connectivity index (χ0n) is 13.3. The average Bonchev–Trinajstić information content (AvgIpc) is 3.11. The maximum Gasteiger partial charge on any atom is 0.273 e. The van der Waals surface area contributed by atoms with Crippen LogP contribution < -0.4 is 5.32 Å². The summed E-state index contributed by atoms with van der Waals surface area (Å²) in [5.74, 6) is 0.0526. The average molecular weight is 334 g/mol. The minimum Gasteiger partial charge on any atom is -0.505 e. The SMILES string of the molecule is Cc1oncc1CN1C[C@@H](F)C[C@H]1CNC(=O)c1ncccc1O. The molecule has 8 heteroatoms. The monoisotopic (exact) mass is 334 g/mol. The fraction of sp³-hybridized carbons (Fsp3) is 0.438. The van der Waals surface area contributed by atoms with Gasteiger partial charge in [0.05, 0.1) is 6.20 Å². The van der Waals surface area contributed by atoms with Gasteiger partial charge in [-0.15, -0.1) is 0 Å². The quantitative estimate of drug-likeness (QED) is 0.859. The molecule has 0 aromatic carbocycles. The number of pyridine rings is 1. The van der Waals surface area contributed by atoms with E-state index in [1.54, 1.807) is 12.3 Å². The molecule has 24 heavy (non-hydrogen) atoms. The van der Waals surface area contributed by atoms with Gasteiger partial charge in [-0.05, 0) is 25.5 Å². The number of halogens is 1. The van der Waals surface area contributed by atoms with Gasteiger partial charge in [0.25, 0.3) is 5.91 Å². The first-order chi connectivity index (χ1) is 11.5. The summed E-state index contributed by atoms with van der Waals surface area (Å²) in [5, 5.41) is 16.1. The maximum atomic E-state index is 13.8. The van der Waals surface area contributed by atoms with E-state index in [2.05, 4.69) is 15.5 Å². The number of carbonyl (C=O) groups excluding carboxylic acids is 1. The lowest BCUT2D eigenvalue weighted by molar-refractivity contribution is 0.0931. The van der Waals surface area contributed by atoms with Crippen molar-refractivity contribution in [3.63, 3.8) is 0 Å². The second-order valence-electron chi connectivity index (χ2n) is 5.90. The third kappa shape index (κ3) is 3.53. The van der Waals surface area contributed by atoms with Crippen molar-refractivity contribution in [3.8, 4) is 5.75 Å². The standard InChI is InChI=1S/C16H19FN4O3/c1-10-11(6-20-24-10)8-21-9-12(17)5-13(21)7-19-16(23)15-14(22)3-2-4-18-15/h2-4,6,12-13,22H,5,7-9H2,1H3,(H,19,23)/t12-,13-/m0/s1. The summed E-state index contributed by atoms with van der Waals surface area (Å²) in [5.41, 5.74) is 0.872. The number of hydrogen-bond acceptors (Lipinski definition) is 6. The van der Waals surface area contributed by atoms with Gasteiger partial charge in [0.2, 0.25) is 0 Å². The van der Waals surface area contributed by atoms with Gasteiger partial charge in [-0.2, -0.15) is 0 Å². The van der Waals surface area contributed by atoms with E-state index >= 15 is 0 Å². The van der Waals surface area contributed by atoms with Crippen molar-refractivity contribution in [3.05, 3.63) is 41.5 Å². The molecule has 1 aliphatic rings. The van der Waals surface area contributed by atoms with Crippen molar-refractivity contribution < 1.29 is 18.8 Å². The summed E-state index contributed by atoms with van der Waals surface area (Å²) < 4.78 is 18.8. The number of aromatic hydroxyl groups is 1. The minimum absolute atomic E-state index is 0.0336. The predicted octanol–water partition coefficient (Wildman–Crippen LogP) is 1.43. The lowest BCUT2D eigenvalue weighted by atomic mass is 10.2. The van der Waals surface area contributed by atoms with Crippen molar-refractivity contribution in [1.82, 2.24) is 20.4 Å². The molecule has 2 aromatic rings. The van der Waals surface area contributed by atoms with Crippen LogP contribution in [0.3, 0.4) is 0 Å². The molecule has 0 unspecified atom stereocenters. The van der Waals surface area contributed by atoms with Crippen LogP contribution in [-0.2, 0) is 6.54 Å². The number of alkyl halides is 1. The van der Waals surface area contributed by atoms with Crippen LogP contribution in [0.5, 0.6) is 5.75 Å². The molecule has 0 spiro atoms. The molecule has 2 atom stereocenters. The van der Waals surface area contributed by atoms with Gasteiger partial charge in [0.1, 0.15) is 17.7 Å². The molecule has 128 valence electrons. The van der Waals surface area contributed by atoms with Gasteiger partial charge in [0, 0.05) is 37.4 Å². The van der Waals surface area contributed by atoms with Gasteiger partial charge < -0.3 is 14.9 Å². The zero-order valence-corrected chi connectivity index (χ0v) is 13.3. The smallest absolute Gasteiger partial charge is 0.273 e. The van der Waals surface area contributed by atoms with Crippen LogP contribution in [0.25, 0.3) is 0 Å². The van der Waals surface area contributed by atoms with Gasteiger partial charge in [-0.3, -0.25) is 9.69 Å². The first-order valence-corrected chi connectivity index (χ1v) is 7.75. The molecular weight excluding hydrogens is 315 g/mol. The Labute approximate surface area is 138 Å². The summed E-state index contributed by atoms with van der Waals surface area (Å²) in [6.45, 7) is 2.91. The highest BCUT2D eigenvalue weighted by molar-refractivity contribution is 5.94. The summed E-state index contributed by atoms with van der Waals surface area (Å²) in [4.78, 5) is 17.9. The van der Waals surface area contributed by atoms with E-state index in [0.717, 1.165) is 5.56 Å². The third-order valence-corrected chi connectivity index (χ3v) is 4.20. The van der Waals surface area contributed by atoms with Crippen molar-refractivity contribution in [2.75, 3.05) is 13.1 Å². The van der Waals surface area contributed by atoms with Crippen LogP contribution in [0.1, 0.15) is 28.2 Å². The van der Waals surface area contributed by atoms with Gasteiger partial charge in [0.15, 0.2) is 5.69 Å². The highest BCUT2D eigenvalue weighted by Gasteiger charge is 2.33. The molecule has 0 radical (unpaired) electrons. The van der Waals surface area contributed by atoms with E-state index in [1.165, 1.54) is 12.3 Å². The van der Waals surface area contributed by atoms with Gasteiger partial charge in [-0.1, -0.05) is 5.16 Å². The Morgan fingerprint density at radius 3 is 3.12 bits per heavy atom. The lowest BCUT2D eigenvalue weighted by Gasteiger charge is -2.23. The number of aromatic nitrogens is 2. The van der Waals surface area contributed by atoms with Crippen LogP contribution in [0, 0.1) is 6.92 Å². The van der Waals surface area contributed by atoms with Crippen molar-refractivity contribution in [2.45, 2.75) is 32.1 Å². The van der Waals surface area contributed by atoms with Gasteiger partial charge in [-0.25, -0.2) is 9.37 Å². The van der Waals surface area contributed by atoms with E-state index in [1.807, 2.05) is 11.8 Å². The molecule has 3 heterocycles. The highest BCUT2D eigenvalue weighted by atomic mass is 19.1. The molecule has 0 saturated carbocycles. The summed E-state index contributed by atoms with van der Waals surface area (Å²) in [6, 6.07) is 2.81. The number of amides is 1. The second kappa shape index (κ2) is 6.96. The molecule has 1 aliphatic heterocycles. The van der Waals surface area contributed by atoms with Crippen LogP contribution in [0.2, 0.25) is 0 Å². The van der Waals surface area contributed by atoms with E-state index in [4.69, 9.17) is 4.52 Å². The number of nitrogens with one attached hydrogen (secondary N) is 1. The number of hydrogen-bond donors (Lipinski definition) is 2. The highest BCUT2D eigenvalue weighted by Crippen LogP contribution is 2.23. The Morgan fingerprint density at radius 2 is 2.42 bits per heavy atom. The molecule has 0 aliphatic carbocycles. The fourth-order valence-corrected chi connectivity index (χ4v) is 2.88. The first-order valence-electron chi connectivity index (χ1n) is 7.75. The number of rotatable bonds is 5. The molecule has 1 fully saturated rings. The number of carbonyl (C=O) groups is 1. The Balaban J connectivity index is 1.61. The Bertz CT molecular complexity index is 721. The van der Waals surface area contributed by atoms with Crippen LogP contribution >= 0.6 is 0 Å². The molecule has 3 rings (SSSR count). The van der Waals surface area contributed by atoms with E-state index in [-0.39, 0.29) is 24.0 Å². The Hall–Kier alpha value is -2.48. The van der Waals surface area contributed by atoms with E-state index < -0.39 is 12.1 Å². The number of likely N-dealkylation sites (tertiary alicyclic amines) is 1. The zero-order chi connectivity index (χ0) is 17.1. The van der Waals surface area contributed by atoms with Crippen molar-refractivity contribution in [2.24, 2.45) is 0 Å². The largest absolute Gasteiger partial charge is 0.505 e. The molecule has 1 saturated heterocycles. The van der Waals surface area contributed by atoms with Crippen LogP contribution in [0.4, 0.5) is 4.39 Å². The normalized spacial score (nSPS) is 21.1. The fourth-order valence-electron chi connectivity index (χ4n) is 2.88. The molecular formula is C16H19FN4O3. The van der Waals surface area contributed by atoms with Crippen LogP contribution in [-0.4, -0.2) is 51.4 Å². The van der Waals surface area contributed by atoms with Crippen LogP contribution in [0.15, 0.2) is 29.0 Å². The molecule has 1 amide bonds. The lowest BCUT2D eigenvalue weighted by Crippen LogP contribution is -2.40. The molecule has 2 N–H and O–H groups in total. The minimum atomic E-state index is -0.935. The summed E-state index contributed by atoms with van der Waals surface area (Å²) >= 11 is 0. The van der Waals surface area contributed by atoms with Crippen molar-refractivity contribution in [1.29, 1.82) is 0 Å². The Kier molecular flexibility index (Phi) is 4.75. The summed E-state index contributed by atoms with van der Waals surface area (Å²) in [6.07, 6.45) is 2.47. The summed E-state index contributed by atoms with van der Waals surface area (Å²) in [7, 11) is 0. The van der Waals surface area contributed by atoms with Gasteiger partial charge >= 0.3 is 0 Å². The van der Waals surface area contributed by atoms with E-state index in [0.29, 0.717) is 25.3 Å². The topological polar surface area (TPSA) is 91.5 Å². The third-order valence-electron chi connectivity index (χ3n) is 4.20. The number of aryl methyl sites for hydroxylation is 1. The Morgan fingerprint density at radius 1 is 1.58 bits per heavy atom. The molecule has 2 aromatic heterocycles. The maximum absolute atomic E-state index is 13.8. The van der Waals surface area contributed by atoms with E-state index in [9.17, 15) is 14.3 Å². The number of nitrogens with zero attached hydrogens (tertiary/aromatic N) is 3. The molecule has 0 bridgehead atoms. The first kappa shape index (κ1) is 16.4. The second-order valence-corrected chi connectivity index (χ2v) is 5.90. The van der Waals surface area contributed by atoms with Crippen molar-refractivity contribution >= 4 is 5.91 Å². The predicted molar refractivity (Wildman–Crippen MR) is 83.2 cm³/mol. The molecule has 7 nitrogen and oxygen atoms in total.